The first-order valence-electron chi connectivity index (χ1n) is 5.85. The lowest BCUT2D eigenvalue weighted by molar-refractivity contribution is -0.140. The first-order valence-corrected chi connectivity index (χ1v) is 7.33. The zero-order valence-corrected chi connectivity index (χ0v) is 12.3. The highest BCUT2D eigenvalue weighted by molar-refractivity contribution is 7.89. The average molecular weight is 316 g/mol. The predicted molar refractivity (Wildman–Crippen MR) is 73.3 cm³/mol. The number of methoxy groups -OCH3 is 1. The molecule has 1 aromatic rings. The molecule has 21 heavy (non-hydrogen) atoms. The summed E-state index contributed by atoms with van der Waals surface area (Å²) in [7, 11) is -2.89. The Bertz CT molecular complexity index is 656. The fraction of sp³-hybridized carbons (Fsp3) is 0.333. The SMILES string of the molecule is COc1ccc(C)cc1S(=O)(=O)NC(CC(N)=O)C(=O)O. The summed E-state index contributed by atoms with van der Waals surface area (Å²) in [6.07, 6.45) is -0.650. The standard InChI is InChI=1S/C12H16N2O6S/c1-7-3-4-9(20-2)10(5-7)21(18,19)14-8(12(16)17)6-11(13)15/h3-5,8,14H,6H2,1-2H3,(H2,13,15)(H,16,17). The summed E-state index contributed by atoms with van der Waals surface area (Å²) in [6, 6.07) is 2.80. The number of hydrogen-bond donors (Lipinski definition) is 3. The number of ether oxygens (including phenoxy) is 1. The van der Waals surface area contributed by atoms with Crippen LogP contribution >= 0.6 is 0 Å². The van der Waals surface area contributed by atoms with E-state index in [4.69, 9.17) is 15.6 Å². The molecule has 0 fully saturated rings. The molecular formula is C12H16N2O6S. The number of sulfonamides is 1. The zero-order valence-electron chi connectivity index (χ0n) is 11.5. The molecule has 0 aliphatic carbocycles. The number of amides is 1. The molecule has 4 N–H and O–H groups in total. The molecule has 0 aromatic heterocycles. The summed E-state index contributed by atoms with van der Waals surface area (Å²) in [5, 5.41) is 8.95. The topological polar surface area (TPSA) is 136 Å². The summed E-state index contributed by atoms with van der Waals surface area (Å²) in [5.41, 5.74) is 5.56. The Morgan fingerprint density at radius 2 is 2.05 bits per heavy atom. The van der Waals surface area contributed by atoms with Crippen molar-refractivity contribution < 1.29 is 27.9 Å². The largest absolute Gasteiger partial charge is 0.495 e. The molecule has 1 unspecified atom stereocenters. The molecule has 116 valence electrons. The number of nitrogens with one attached hydrogen (secondary N) is 1. The number of benzene rings is 1. The van der Waals surface area contributed by atoms with Crippen molar-refractivity contribution >= 4 is 21.9 Å². The molecule has 0 radical (unpaired) electrons. The Morgan fingerprint density at radius 1 is 1.43 bits per heavy atom. The minimum Gasteiger partial charge on any atom is -0.495 e. The van der Waals surface area contributed by atoms with E-state index in [0.717, 1.165) is 0 Å². The maximum Gasteiger partial charge on any atom is 0.322 e. The highest BCUT2D eigenvalue weighted by Crippen LogP contribution is 2.24. The number of hydrogen-bond acceptors (Lipinski definition) is 5. The first kappa shape index (κ1) is 16.9. The molecular weight excluding hydrogens is 300 g/mol. The monoisotopic (exact) mass is 316 g/mol. The van der Waals surface area contributed by atoms with Gasteiger partial charge in [-0.1, -0.05) is 6.07 Å². The first-order chi connectivity index (χ1) is 9.67. The molecule has 0 aliphatic rings. The Labute approximate surface area is 122 Å². The molecule has 1 rings (SSSR count). The lowest BCUT2D eigenvalue weighted by Gasteiger charge is -2.15. The van der Waals surface area contributed by atoms with Crippen molar-refractivity contribution in [3.05, 3.63) is 23.8 Å². The Morgan fingerprint density at radius 3 is 2.52 bits per heavy atom. The van der Waals surface area contributed by atoms with Gasteiger partial charge in [0, 0.05) is 0 Å². The summed E-state index contributed by atoms with van der Waals surface area (Å²) in [4.78, 5) is 21.6. The Balaban J connectivity index is 3.18. The van der Waals surface area contributed by atoms with Gasteiger partial charge >= 0.3 is 5.97 Å². The van der Waals surface area contributed by atoms with Crippen LogP contribution in [-0.2, 0) is 19.6 Å². The molecule has 0 bridgehead atoms. The molecule has 0 saturated heterocycles. The summed E-state index contributed by atoms with van der Waals surface area (Å²) in [6.45, 7) is 1.68. The maximum absolute atomic E-state index is 12.3. The molecule has 0 spiro atoms. The third-order valence-electron chi connectivity index (χ3n) is 2.61. The van der Waals surface area contributed by atoms with Crippen LogP contribution in [0, 0.1) is 6.92 Å². The average Bonchev–Trinajstić information content (AvgIpc) is 2.37. The molecule has 1 atom stereocenters. The molecule has 8 nitrogen and oxygen atoms in total. The third kappa shape index (κ3) is 4.43. The quantitative estimate of drug-likeness (QED) is 0.627. The second-order valence-electron chi connectivity index (χ2n) is 4.34. The van der Waals surface area contributed by atoms with E-state index in [1.54, 1.807) is 13.0 Å². The van der Waals surface area contributed by atoms with Gasteiger partial charge in [0.25, 0.3) is 0 Å². The van der Waals surface area contributed by atoms with Crippen molar-refractivity contribution in [1.82, 2.24) is 4.72 Å². The number of carbonyl (C=O) groups is 2. The minimum atomic E-state index is -4.18. The van der Waals surface area contributed by atoms with Gasteiger partial charge in [0.2, 0.25) is 15.9 Å². The zero-order chi connectivity index (χ0) is 16.2. The Hall–Kier alpha value is -2.13. The van der Waals surface area contributed by atoms with E-state index >= 15 is 0 Å². The van der Waals surface area contributed by atoms with Crippen LogP contribution in [0.15, 0.2) is 23.1 Å². The van der Waals surface area contributed by atoms with Gasteiger partial charge in [-0.2, -0.15) is 4.72 Å². The molecule has 0 heterocycles. The van der Waals surface area contributed by atoms with Crippen molar-refractivity contribution in [1.29, 1.82) is 0 Å². The van der Waals surface area contributed by atoms with E-state index < -0.39 is 34.4 Å². The van der Waals surface area contributed by atoms with E-state index in [1.165, 1.54) is 19.2 Å². The second kappa shape index (κ2) is 6.55. The van der Waals surface area contributed by atoms with E-state index in [9.17, 15) is 18.0 Å². The van der Waals surface area contributed by atoms with Crippen LogP contribution in [0.1, 0.15) is 12.0 Å². The van der Waals surface area contributed by atoms with E-state index in [2.05, 4.69) is 0 Å². The van der Waals surface area contributed by atoms with E-state index in [1.807, 2.05) is 4.72 Å². The summed E-state index contributed by atoms with van der Waals surface area (Å²) < 4.78 is 31.4. The van der Waals surface area contributed by atoms with Gasteiger partial charge in [0.15, 0.2) is 0 Å². The number of rotatable bonds is 7. The number of carboxylic acid groups (broad SMARTS) is 1. The smallest absolute Gasteiger partial charge is 0.322 e. The van der Waals surface area contributed by atoms with Crippen molar-refractivity contribution in [2.45, 2.75) is 24.3 Å². The van der Waals surface area contributed by atoms with Crippen molar-refractivity contribution in [2.75, 3.05) is 7.11 Å². The van der Waals surface area contributed by atoms with Crippen LogP contribution in [-0.4, -0.2) is 38.6 Å². The lowest BCUT2D eigenvalue weighted by atomic mass is 10.2. The van der Waals surface area contributed by atoms with Gasteiger partial charge in [-0.05, 0) is 24.6 Å². The number of aliphatic carboxylic acids is 1. The van der Waals surface area contributed by atoms with Crippen LogP contribution in [0.4, 0.5) is 0 Å². The highest BCUT2D eigenvalue weighted by Gasteiger charge is 2.28. The molecule has 0 saturated carbocycles. The molecule has 1 amide bonds. The number of primary amides is 1. The normalized spacial score (nSPS) is 12.7. The summed E-state index contributed by atoms with van der Waals surface area (Å²) >= 11 is 0. The fourth-order valence-electron chi connectivity index (χ4n) is 1.63. The number of carbonyl (C=O) groups excluding carboxylic acids is 1. The predicted octanol–water partition coefficient (Wildman–Crippen LogP) is -0.389. The maximum atomic E-state index is 12.3. The van der Waals surface area contributed by atoms with Crippen LogP contribution in [0.25, 0.3) is 0 Å². The number of nitrogens with two attached hydrogens (primary N) is 1. The van der Waals surface area contributed by atoms with E-state index in [-0.39, 0.29) is 10.6 Å². The van der Waals surface area contributed by atoms with Crippen molar-refractivity contribution in [2.24, 2.45) is 5.73 Å². The Kier molecular flexibility index (Phi) is 5.28. The minimum absolute atomic E-state index is 0.0660. The van der Waals surface area contributed by atoms with Crippen LogP contribution in [0.2, 0.25) is 0 Å². The molecule has 9 heteroatoms. The number of aryl methyl sites for hydroxylation is 1. The van der Waals surface area contributed by atoms with Crippen LogP contribution < -0.4 is 15.2 Å². The lowest BCUT2D eigenvalue weighted by Crippen LogP contribution is -2.43. The summed E-state index contributed by atoms with van der Waals surface area (Å²) in [5.74, 6) is -2.36. The molecule has 1 aromatic carbocycles. The third-order valence-corrected chi connectivity index (χ3v) is 4.10. The van der Waals surface area contributed by atoms with Crippen molar-refractivity contribution in [3.8, 4) is 5.75 Å². The highest BCUT2D eigenvalue weighted by atomic mass is 32.2. The van der Waals surface area contributed by atoms with Crippen LogP contribution in [0.5, 0.6) is 5.75 Å². The fourth-order valence-corrected chi connectivity index (χ4v) is 3.07. The van der Waals surface area contributed by atoms with Gasteiger partial charge in [-0.15, -0.1) is 0 Å². The van der Waals surface area contributed by atoms with Crippen LogP contribution in [0.3, 0.4) is 0 Å². The van der Waals surface area contributed by atoms with Gasteiger partial charge in [0.1, 0.15) is 16.7 Å². The second-order valence-corrected chi connectivity index (χ2v) is 6.02. The number of carboxylic acids is 1. The van der Waals surface area contributed by atoms with Gasteiger partial charge < -0.3 is 15.6 Å². The van der Waals surface area contributed by atoms with Crippen molar-refractivity contribution in [3.63, 3.8) is 0 Å². The molecule has 0 aliphatic heterocycles. The van der Waals surface area contributed by atoms with Gasteiger partial charge in [-0.25, -0.2) is 8.42 Å². The van der Waals surface area contributed by atoms with Gasteiger partial charge in [0.05, 0.1) is 13.5 Å². The van der Waals surface area contributed by atoms with Gasteiger partial charge in [-0.3, -0.25) is 9.59 Å². The van der Waals surface area contributed by atoms with E-state index in [0.29, 0.717) is 5.56 Å².